The Labute approximate surface area is 188 Å². The highest BCUT2D eigenvalue weighted by Crippen LogP contribution is 2.24. The van der Waals surface area contributed by atoms with Gasteiger partial charge in [-0.1, -0.05) is 20.3 Å². The summed E-state index contributed by atoms with van der Waals surface area (Å²) in [5.74, 6) is -0.229. The summed E-state index contributed by atoms with van der Waals surface area (Å²) in [5.41, 5.74) is 0. The highest BCUT2D eigenvalue weighted by Gasteiger charge is 2.34. The summed E-state index contributed by atoms with van der Waals surface area (Å²) in [6.45, 7) is 10.0. The second-order valence-corrected chi connectivity index (χ2v) is 10.7. The van der Waals surface area contributed by atoms with Crippen molar-refractivity contribution in [3.05, 3.63) is 0 Å². The van der Waals surface area contributed by atoms with E-state index < -0.39 is 10.0 Å². The van der Waals surface area contributed by atoms with Gasteiger partial charge in [0.1, 0.15) is 0 Å². The largest absolute Gasteiger partial charge is 0.466 e. The van der Waals surface area contributed by atoms with Crippen LogP contribution in [0.25, 0.3) is 0 Å². The molecular formula is C22H41N3O5S. The summed E-state index contributed by atoms with van der Waals surface area (Å²) < 4.78 is 31.5. The molecule has 1 unspecified atom stereocenters. The number of amides is 1. The van der Waals surface area contributed by atoms with E-state index in [0.717, 1.165) is 32.4 Å². The lowest BCUT2D eigenvalue weighted by atomic mass is 9.96. The molecule has 31 heavy (non-hydrogen) atoms. The monoisotopic (exact) mass is 459 g/mol. The van der Waals surface area contributed by atoms with Crippen LogP contribution in [0.5, 0.6) is 0 Å². The highest BCUT2D eigenvalue weighted by molar-refractivity contribution is 7.89. The molecule has 2 aliphatic rings. The van der Waals surface area contributed by atoms with E-state index in [2.05, 4.69) is 11.8 Å². The van der Waals surface area contributed by atoms with Crippen molar-refractivity contribution in [1.29, 1.82) is 0 Å². The van der Waals surface area contributed by atoms with E-state index in [-0.39, 0.29) is 30.0 Å². The van der Waals surface area contributed by atoms with E-state index in [9.17, 15) is 18.0 Å². The second-order valence-electron chi connectivity index (χ2n) is 8.61. The Balaban J connectivity index is 1.98. The average Bonchev–Trinajstić information content (AvgIpc) is 3.22. The minimum absolute atomic E-state index is 0.0536. The first kappa shape index (κ1) is 26.1. The van der Waals surface area contributed by atoms with Crippen LogP contribution in [-0.4, -0.2) is 92.1 Å². The number of likely N-dealkylation sites (N-methyl/N-ethyl adjacent to an activating group) is 1. The lowest BCUT2D eigenvalue weighted by molar-refractivity contribution is -0.145. The van der Waals surface area contributed by atoms with Crippen LogP contribution in [0.2, 0.25) is 0 Å². The summed E-state index contributed by atoms with van der Waals surface area (Å²) in [7, 11) is -3.23. The summed E-state index contributed by atoms with van der Waals surface area (Å²) in [6, 6.07) is 0.325. The molecule has 8 nitrogen and oxygen atoms in total. The third-order valence-corrected chi connectivity index (χ3v) is 8.45. The molecule has 180 valence electrons. The minimum Gasteiger partial charge on any atom is -0.466 e. The van der Waals surface area contributed by atoms with Crippen molar-refractivity contribution in [3.63, 3.8) is 0 Å². The molecule has 2 rings (SSSR count). The van der Waals surface area contributed by atoms with Crippen LogP contribution in [0.15, 0.2) is 0 Å². The minimum atomic E-state index is -3.23. The Kier molecular flexibility index (Phi) is 10.7. The molecule has 1 amide bonds. The van der Waals surface area contributed by atoms with Crippen molar-refractivity contribution in [2.75, 3.05) is 51.6 Å². The maximum atomic E-state index is 13.4. The number of hydrogen-bond acceptors (Lipinski definition) is 6. The molecule has 0 bridgehead atoms. The van der Waals surface area contributed by atoms with Gasteiger partial charge in [-0.05, 0) is 52.1 Å². The Bertz CT molecular complexity index is 677. The maximum Gasteiger partial charge on any atom is 0.307 e. The summed E-state index contributed by atoms with van der Waals surface area (Å²) in [4.78, 5) is 29.5. The van der Waals surface area contributed by atoms with Crippen molar-refractivity contribution < 1.29 is 22.7 Å². The molecule has 0 aromatic carbocycles. The molecule has 0 radical (unpaired) electrons. The van der Waals surface area contributed by atoms with Gasteiger partial charge in [-0.15, -0.1) is 0 Å². The molecule has 0 aliphatic carbocycles. The number of nitrogens with zero attached hydrogens (tertiary/aromatic N) is 3. The predicted octanol–water partition coefficient (Wildman–Crippen LogP) is 2.09. The first-order chi connectivity index (χ1) is 14.8. The van der Waals surface area contributed by atoms with Crippen molar-refractivity contribution >= 4 is 21.9 Å². The standard InChI is InChI=1S/C22H41N3O5S/c1-4-7-17-31(28,29)25-15-10-19(11-16-25)22(27)24(14-12-21(26)30-6-3)18-20-9-8-13-23(20)5-2/h19-20H,4-18H2,1-3H3. The van der Waals surface area contributed by atoms with Crippen LogP contribution in [-0.2, 0) is 24.3 Å². The van der Waals surface area contributed by atoms with Gasteiger partial charge in [0.15, 0.2) is 0 Å². The van der Waals surface area contributed by atoms with Crippen LogP contribution in [0.3, 0.4) is 0 Å². The van der Waals surface area contributed by atoms with E-state index in [1.807, 2.05) is 11.8 Å². The molecule has 0 aromatic rings. The number of piperidine rings is 1. The van der Waals surface area contributed by atoms with Crippen molar-refractivity contribution in [3.8, 4) is 0 Å². The van der Waals surface area contributed by atoms with Crippen LogP contribution < -0.4 is 0 Å². The van der Waals surface area contributed by atoms with Crippen LogP contribution in [0.1, 0.15) is 65.7 Å². The van der Waals surface area contributed by atoms with Gasteiger partial charge in [0.05, 0.1) is 18.8 Å². The summed E-state index contributed by atoms with van der Waals surface area (Å²) >= 11 is 0. The van der Waals surface area contributed by atoms with Gasteiger partial charge >= 0.3 is 5.97 Å². The zero-order chi connectivity index (χ0) is 22.9. The van der Waals surface area contributed by atoms with E-state index >= 15 is 0 Å². The Morgan fingerprint density at radius 3 is 2.39 bits per heavy atom. The summed E-state index contributed by atoms with van der Waals surface area (Å²) in [6.07, 6.45) is 4.99. The molecule has 2 fully saturated rings. The zero-order valence-corrected chi connectivity index (χ0v) is 20.4. The molecule has 2 heterocycles. The zero-order valence-electron chi connectivity index (χ0n) is 19.6. The number of unbranched alkanes of at least 4 members (excludes halogenated alkanes) is 1. The third-order valence-electron chi connectivity index (χ3n) is 6.49. The van der Waals surface area contributed by atoms with Crippen LogP contribution >= 0.6 is 0 Å². The fourth-order valence-electron chi connectivity index (χ4n) is 4.62. The Hall–Kier alpha value is -1.19. The second kappa shape index (κ2) is 12.7. The highest BCUT2D eigenvalue weighted by atomic mass is 32.2. The molecule has 0 N–H and O–H groups in total. The van der Waals surface area contributed by atoms with E-state index in [0.29, 0.717) is 58.1 Å². The molecule has 0 aromatic heterocycles. The summed E-state index contributed by atoms with van der Waals surface area (Å²) in [5, 5.41) is 0. The number of hydrogen-bond donors (Lipinski definition) is 0. The van der Waals surface area contributed by atoms with Gasteiger partial charge in [0.2, 0.25) is 15.9 Å². The fraction of sp³-hybridized carbons (Fsp3) is 0.909. The lowest BCUT2D eigenvalue weighted by Crippen LogP contribution is -2.48. The van der Waals surface area contributed by atoms with Crippen molar-refractivity contribution in [2.24, 2.45) is 5.92 Å². The lowest BCUT2D eigenvalue weighted by Gasteiger charge is -2.35. The number of sulfonamides is 1. The SMILES string of the molecule is CCCCS(=O)(=O)N1CCC(C(=O)N(CCC(=O)OCC)CC2CCCN2CC)CC1. The molecular weight excluding hydrogens is 418 g/mol. The molecule has 0 saturated carbocycles. The first-order valence-electron chi connectivity index (χ1n) is 12.0. The van der Waals surface area contributed by atoms with E-state index in [1.165, 1.54) is 0 Å². The number of carbonyl (C=O) groups excluding carboxylic acids is 2. The molecule has 2 aliphatic heterocycles. The van der Waals surface area contributed by atoms with E-state index in [4.69, 9.17) is 4.74 Å². The van der Waals surface area contributed by atoms with Gasteiger partial charge < -0.3 is 9.64 Å². The van der Waals surface area contributed by atoms with Crippen molar-refractivity contribution in [1.82, 2.24) is 14.1 Å². The Morgan fingerprint density at radius 1 is 1.06 bits per heavy atom. The predicted molar refractivity (Wildman–Crippen MR) is 121 cm³/mol. The average molecular weight is 460 g/mol. The quantitative estimate of drug-likeness (QED) is 0.415. The molecule has 9 heteroatoms. The van der Waals surface area contributed by atoms with Crippen molar-refractivity contribution in [2.45, 2.75) is 71.8 Å². The topological polar surface area (TPSA) is 87.2 Å². The molecule has 0 spiro atoms. The number of carbonyl (C=O) groups is 2. The number of rotatable bonds is 12. The maximum absolute atomic E-state index is 13.4. The van der Waals surface area contributed by atoms with E-state index in [1.54, 1.807) is 11.2 Å². The third kappa shape index (κ3) is 7.71. The van der Waals surface area contributed by atoms with Gasteiger partial charge in [0.25, 0.3) is 0 Å². The number of esters is 1. The first-order valence-corrected chi connectivity index (χ1v) is 13.6. The van der Waals surface area contributed by atoms with Crippen LogP contribution in [0, 0.1) is 5.92 Å². The smallest absolute Gasteiger partial charge is 0.307 e. The van der Waals surface area contributed by atoms with Crippen LogP contribution in [0.4, 0.5) is 0 Å². The number of likely N-dealkylation sites (tertiary alicyclic amines) is 1. The fourth-order valence-corrected chi connectivity index (χ4v) is 6.30. The van der Waals surface area contributed by atoms with Gasteiger partial charge in [-0.25, -0.2) is 12.7 Å². The molecule has 1 atom stereocenters. The normalized spacial score (nSPS) is 21.3. The molecule has 2 saturated heterocycles. The van der Waals surface area contributed by atoms with Gasteiger partial charge in [0, 0.05) is 38.1 Å². The number of ether oxygens (including phenoxy) is 1. The van der Waals surface area contributed by atoms with Gasteiger partial charge in [-0.3, -0.25) is 14.5 Å². The Morgan fingerprint density at radius 2 is 1.77 bits per heavy atom. The van der Waals surface area contributed by atoms with Gasteiger partial charge in [-0.2, -0.15) is 0 Å².